The number of aromatic nitrogens is 2. The topological polar surface area (TPSA) is 25.8 Å². The zero-order chi connectivity index (χ0) is 34.7. The van der Waals surface area contributed by atoms with Gasteiger partial charge in [-0.2, -0.15) is 0 Å². The van der Waals surface area contributed by atoms with E-state index in [0.717, 1.165) is 50.0 Å². The smallest absolute Gasteiger partial charge is 0.160 e. The molecule has 2 nitrogen and oxygen atoms in total. The second-order valence-corrected chi connectivity index (χ2v) is 13.0. The van der Waals surface area contributed by atoms with Crippen LogP contribution < -0.4 is 0 Å². The van der Waals surface area contributed by atoms with Gasteiger partial charge in [-0.1, -0.05) is 176 Å². The molecule has 0 amide bonds. The SMILES string of the molecule is c1ccc(-c2cccc(-c3cccc(-c4cccc(-c5cccc(-c6nc(-c7ccccc7-c7ccccc7)c7ccccc7n6)c5)c4)c3)c2)cc1. The largest absolute Gasteiger partial charge is 0.228 e. The lowest BCUT2D eigenvalue weighted by Gasteiger charge is -2.14. The van der Waals surface area contributed by atoms with Crippen LogP contribution in [-0.2, 0) is 0 Å². The van der Waals surface area contributed by atoms with Crippen LogP contribution in [0, 0.1) is 0 Å². The molecule has 52 heavy (non-hydrogen) atoms. The van der Waals surface area contributed by atoms with Crippen molar-refractivity contribution >= 4 is 10.9 Å². The fraction of sp³-hybridized carbons (Fsp3) is 0. The Morgan fingerprint density at radius 2 is 0.635 bits per heavy atom. The van der Waals surface area contributed by atoms with Gasteiger partial charge in [-0.15, -0.1) is 0 Å². The Morgan fingerprint density at radius 3 is 1.19 bits per heavy atom. The fourth-order valence-corrected chi connectivity index (χ4v) is 7.07. The first-order valence-corrected chi connectivity index (χ1v) is 17.7. The van der Waals surface area contributed by atoms with Gasteiger partial charge in [-0.25, -0.2) is 9.97 Å². The van der Waals surface area contributed by atoms with Crippen LogP contribution in [0.3, 0.4) is 0 Å². The molecular weight excluding hydrogens is 629 g/mol. The molecule has 2 heteroatoms. The molecule has 0 unspecified atom stereocenters. The van der Waals surface area contributed by atoms with Crippen molar-refractivity contribution in [2.24, 2.45) is 0 Å². The number of para-hydroxylation sites is 1. The Labute approximate surface area is 304 Å². The first-order valence-electron chi connectivity index (χ1n) is 17.7. The number of hydrogen-bond acceptors (Lipinski definition) is 2. The fourth-order valence-electron chi connectivity index (χ4n) is 7.07. The summed E-state index contributed by atoms with van der Waals surface area (Å²) in [7, 11) is 0. The van der Waals surface area contributed by atoms with E-state index in [1.165, 1.54) is 33.4 Å². The third-order valence-electron chi connectivity index (χ3n) is 9.69. The summed E-state index contributed by atoms with van der Waals surface area (Å²) in [5.74, 6) is 0.708. The van der Waals surface area contributed by atoms with Crippen molar-refractivity contribution in [2.45, 2.75) is 0 Å². The lowest BCUT2D eigenvalue weighted by Crippen LogP contribution is -1.96. The van der Waals surface area contributed by atoms with Crippen molar-refractivity contribution in [1.29, 1.82) is 0 Å². The van der Waals surface area contributed by atoms with Crippen molar-refractivity contribution in [2.75, 3.05) is 0 Å². The highest BCUT2D eigenvalue weighted by molar-refractivity contribution is 5.98. The van der Waals surface area contributed by atoms with E-state index in [2.05, 4.69) is 200 Å². The summed E-state index contributed by atoms with van der Waals surface area (Å²) in [6.45, 7) is 0. The lowest BCUT2D eigenvalue weighted by molar-refractivity contribution is 1.23. The average Bonchev–Trinajstić information content (AvgIpc) is 3.24. The minimum absolute atomic E-state index is 0.708. The monoisotopic (exact) mass is 662 g/mol. The maximum absolute atomic E-state index is 5.28. The summed E-state index contributed by atoms with van der Waals surface area (Å²) in [5.41, 5.74) is 15.7. The van der Waals surface area contributed by atoms with E-state index in [9.17, 15) is 0 Å². The van der Waals surface area contributed by atoms with Crippen LogP contribution in [-0.4, -0.2) is 9.97 Å². The third-order valence-corrected chi connectivity index (χ3v) is 9.69. The van der Waals surface area contributed by atoms with E-state index in [4.69, 9.17) is 9.97 Å². The molecule has 9 aromatic rings. The molecule has 0 spiro atoms. The zero-order valence-electron chi connectivity index (χ0n) is 28.5. The normalized spacial score (nSPS) is 11.1. The predicted octanol–water partition coefficient (Wildman–Crippen LogP) is 13.3. The molecule has 0 aliphatic rings. The minimum atomic E-state index is 0.708. The minimum Gasteiger partial charge on any atom is -0.228 e. The van der Waals surface area contributed by atoms with E-state index in [1.807, 2.05) is 6.07 Å². The van der Waals surface area contributed by atoms with E-state index in [1.54, 1.807) is 0 Å². The Morgan fingerprint density at radius 1 is 0.250 bits per heavy atom. The van der Waals surface area contributed by atoms with Crippen LogP contribution in [0.2, 0.25) is 0 Å². The predicted molar refractivity (Wildman–Crippen MR) is 218 cm³/mol. The summed E-state index contributed by atoms with van der Waals surface area (Å²) < 4.78 is 0. The van der Waals surface area contributed by atoms with Crippen LogP contribution >= 0.6 is 0 Å². The molecule has 0 fully saturated rings. The van der Waals surface area contributed by atoms with Gasteiger partial charge in [0.2, 0.25) is 0 Å². The van der Waals surface area contributed by atoms with Crippen LogP contribution in [0.4, 0.5) is 0 Å². The number of rotatable bonds is 7. The molecule has 0 saturated heterocycles. The first kappa shape index (κ1) is 31.1. The molecule has 0 saturated carbocycles. The number of benzene rings is 8. The Hall–Kier alpha value is -6.90. The Kier molecular flexibility index (Phi) is 8.24. The van der Waals surface area contributed by atoms with Crippen molar-refractivity contribution in [3.05, 3.63) is 206 Å². The van der Waals surface area contributed by atoms with Crippen LogP contribution in [0.25, 0.3) is 89.2 Å². The quantitative estimate of drug-likeness (QED) is 0.170. The molecule has 0 atom stereocenters. The maximum Gasteiger partial charge on any atom is 0.160 e. The molecule has 1 aromatic heterocycles. The van der Waals surface area contributed by atoms with Gasteiger partial charge < -0.3 is 0 Å². The van der Waals surface area contributed by atoms with E-state index in [-0.39, 0.29) is 0 Å². The lowest BCUT2D eigenvalue weighted by atomic mass is 9.94. The van der Waals surface area contributed by atoms with Gasteiger partial charge in [0.25, 0.3) is 0 Å². The first-order chi connectivity index (χ1) is 25.8. The molecule has 9 rings (SSSR count). The summed E-state index contributed by atoms with van der Waals surface area (Å²) in [4.78, 5) is 10.4. The van der Waals surface area contributed by atoms with Crippen molar-refractivity contribution in [3.8, 4) is 78.3 Å². The highest BCUT2D eigenvalue weighted by Gasteiger charge is 2.16. The second-order valence-electron chi connectivity index (χ2n) is 13.0. The average molecular weight is 663 g/mol. The standard InChI is InChI=1S/C50H34N2/c1-3-15-35(16-4-1)37-19-11-20-38(31-37)39-21-12-22-40(32-39)41-23-13-24-42(33-41)43-25-14-26-44(34-43)50-51-48-30-10-9-29-47(48)49(52-50)46-28-8-7-27-45(46)36-17-5-2-6-18-36/h1-34H. The van der Waals surface area contributed by atoms with Crippen molar-refractivity contribution in [3.63, 3.8) is 0 Å². The van der Waals surface area contributed by atoms with Crippen molar-refractivity contribution in [1.82, 2.24) is 9.97 Å². The molecular formula is C50H34N2. The van der Waals surface area contributed by atoms with Gasteiger partial charge in [0.1, 0.15) is 0 Å². The van der Waals surface area contributed by atoms with Gasteiger partial charge in [0.15, 0.2) is 5.82 Å². The van der Waals surface area contributed by atoms with Gasteiger partial charge in [0, 0.05) is 16.5 Å². The van der Waals surface area contributed by atoms with E-state index >= 15 is 0 Å². The van der Waals surface area contributed by atoms with Gasteiger partial charge in [0.05, 0.1) is 11.2 Å². The highest BCUT2D eigenvalue weighted by Crippen LogP contribution is 2.37. The van der Waals surface area contributed by atoms with E-state index in [0.29, 0.717) is 5.82 Å². The summed E-state index contributed by atoms with van der Waals surface area (Å²) >= 11 is 0. The number of hydrogen-bond donors (Lipinski definition) is 0. The zero-order valence-corrected chi connectivity index (χ0v) is 28.5. The van der Waals surface area contributed by atoms with Gasteiger partial charge in [-0.05, 0) is 86.0 Å². The van der Waals surface area contributed by atoms with E-state index < -0.39 is 0 Å². The second kappa shape index (κ2) is 13.8. The molecule has 0 aliphatic carbocycles. The molecule has 244 valence electrons. The molecule has 0 radical (unpaired) electrons. The molecule has 1 heterocycles. The highest BCUT2D eigenvalue weighted by atomic mass is 14.9. The van der Waals surface area contributed by atoms with Crippen molar-refractivity contribution < 1.29 is 0 Å². The summed E-state index contributed by atoms with van der Waals surface area (Å²) in [6, 6.07) is 72.9. The summed E-state index contributed by atoms with van der Waals surface area (Å²) in [6.07, 6.45) is 0. The molecule has 0 N–H and O–H groups in total. The van der Waals surface area contributed by atoms with Gasteiger partial charge >= 0.3 is 0 Å². The molecule has 0 bridgehead atoms. The van der Waals surface area contributed by atoms with Crippen LogP contribution in [0.5, 0.6) is 0 Å². The number of nitrogens with zero attached hydrogens (tertiary/aromatic N) is 2. The van der Waals surface area contributed by atoms with Crippen LogP contribution in [0.1, 0.15) is 0 Å². The Balaban J connectivity index is 1.08. The third kappa shape index (κ3) is 6.19. The van der Waals surface area contributed by atoms with Gasteiger partial charge in [-0.3, -0.25) is 0 Å². The summed E-state index contributed by atoms with van der Waals surface area (Å²) in [5, 5.41) is 1.03. The molecule has 0 aliphatic heterocycles. The van der Waals surface area contributed by atoms with Crippen LogP contribution in [0.15, 0.2) is 206 Å². The Bertz CT molecular complexity index is 2680. The molecule has 8 aromatic carbocycles. The number of fused-ring (bicyclic) bond motifs is 1. The maximum atomic E-state index is 5.28.